The molecule has 0 aliphatic heterocycles. The summed E-state index contributed by atoms with van der Waals surface area (Å²) in [6.45, 7) is 0.462. The third-order valence-electron chi connectivity index (χ3n) is 2.07. The molecule has 0 fully saturated rings. The van der Waals surface area contributed by atoms with Crippen LogP contribution in [0.5, 0.6) is 0 Å². The average molecular weight is 223 g/mol. The Labute approximate surface area is 92.4 Å². The van der Waals surface area contributed by atoms with Crippen molar-refractivity contribution >= 4 is 0 Å². The van der Waals surface area contributed by atoms with E-state index in [1.54, 1.807) is 25.7 Å². The van der Waals surface area contributed by atoms with Gasteiger partial charge in [-0.05, 0) is 6.07 Å². The van der Waals surface area contributed by atoms with Gasteiger partial charge in [0.15, 0.2) is 0 Å². The third-order valence-corrected chi connectivity index (χ3v) is 2.07. The summed E-state index contributed by atoms with van der Waals surface area (Å²) in [4.78, 5) is 4.20. The second-order valence-electron chi connectivity index (χ2n) is 3.44. The number of furan rings is 1. The van der Waals surface area contributed by atoms with E-state index in [2.05, 4.69) is 10.1 Å². The van der Waals surface area contributed by atoms with E-state index < -0.39 is 0 Å². The van der Waals surface area contributed by atoms with Gasteiger partial charge in [-0.2, -0.15) is 4.98 Å². The van der Waals surface area contributed by atoms with Crippen LogP contribution in [-0.4, -0.2) is 29.9 Å². The second kappa shape index (κ2) is 4.91. The summed E-state index contributed by atoms with van der Waals surface area (Å²) in [5.41, 5.74) is 6.56. The van der Waals surface area contributed by atoms with E-state index in [1.165, 1.54) is 0 Å². The zero-order valence-corrected chi connectivity index (χ0v) is 8.92. The van der Waals surface area contributed by atoms with Crippen LogP contribution in [0.2, 0.25) is 0 Å². The summed E-state index contributed by atoms with van der Waals surface area (Å²) in [6, 6.07) is 1.63. The first kappa shape index (κ1) is 10.8. The molecule has 2 rings (SSSR count). The molecule has 2 heterocycles. The summed E-state index contributed by atoms with van der Waals surface area (Å²) >= 11 is 0. The third kappa shape index (κ3) is 2.47. The van der Waals surface area contributed by atoms with Gasteiger partial charge in [0.25, 0.3) is 0 Å². The number of hydrogen-bond donors (Lipinski definition) is 1. The predicted molar refractivity (Wildman–Crippen MR) is 55.6 cm³/mol. The van der Waals surface area contributed by atoms with E-state index in [0.29, 0.717) is 24.7 Å². The smallest absolute Gasteiger partial charge is 0.228 e. The molecule has 0 aromatic carbocycles. The zero-order valence-electron chi connectivity index (χ0n) is 8.92. The molecule has 0 spiro atoms. The number of methoxy groups -OCH3 is 1. The van der Waals surface area contributed by atoms with Crippen molar-refractivity contribution in [3.05, 3.63) is 24.5 Å². The normalized spacial score (nSPS) is 12.9. The Morgan fingerprint density at radius 3 is 3.12 bits per heavy atom. The van der Waals surface area contributed by atoms with Crippen LogP contribution < -0.4 is 5.73 Å². The first-order valence-electron chi connectivity index (χ1n) is 4.89. The molecule has 1 atom stereocenters. The number of ether oxygens (including phenoxy) is 1. The van der Waals surface area contributed by atoms with Crippen molar-refractivity contribution < 1.29 is 13.7 Å². The molecule has 6 nitrogen and oxygen atoms in total. The minimum absolute atomic E-state index is 0.136. The lowest BCUT2D eigenvalue weighted by Crippen LogP contribution is -2.28. The summed E-state index contributed by atoms with van der Waals surface area (Å²) in [6.07, 6.45) is 3.62. The van der Waals surface area contributed by atoms with Gasteiger partial charge in [-0.1, -0.05) is 5.16 Å². The Morgan fingerprint density at radius 1 is 1.56 bits per heavy atom. The molecule has 2 N–H and O–H groups in total. The first-order chi connectivity index (χ1) is 7.79. The van der Waals surface area contributed by atoms with Crippen LogP contribution in [0.1, 0.15) is 5.89 Å². The maximum absolute atomic E-state index is 5.77. The Balaban J connectivity index is 2.03. The fourth-order valence-corrected chi connectivity index (χ4v) is 1.34. The van der Waals surface area contributed by atoms with Gasteiger partial charge in [0.2, 0.25) is 11.7 Å². The highest BCUT2D eigenvalue weighted by Crippen LogP contribution is 2.15. The number of rotatable bonds is 5. The molecule has 0 aliphatic carbocycles. The van der Waals surface area contributed by atoms with Crippen molar-refractivity contribution in [3.63, 3.8) is 0 Å². The van der Waals surface area contributed by atoms with Crippen molar-refractivity contribution in [1.29, 1.82) is 0 Å². The lowest BCUT2D eigenvalue weighted by molar-refractivity contribution is 0.176. The molecule has 6 heteroatoms. The standard InChI is InChI=1S/C10H13N3O3/c1-14-6-8(11)4-9-12-10(13-16-9)7-2-3-15-5-7/h2-3,5,8H,4,6,11H2,1H3. The van der Waals surface area contributed by atoms with Crippen LogP contribution in [0.25, 0.3) is 11.4 Å². The quantitative estimate of drug-likeness (QED) is 0.808. The van der Waals surface area contributed by atoms with Gasteiger partial charge in [0.1, 0.15) is 6.26 Å². The molecule has 0 radical (unpaired) electrons. The van der Waals surface area contributed by atoms with E-state index in [-0.39, 0.29) is 6.04 Å². The molecule has 0 bridgehead atoms. The molecule has 1 unspecified atom stereocenters. The first-order valence-corrected chi connectivity index (χ1v) is 4.89. The fraction of sp³-hybridized carbons (Fsp3) is 0.400. The maximum atomic E-state index is 5.77. The Hall–Kier alpha value is -1.66. The highest BCUT2D eigenvalue weighted by molar-refractivity contribution is 5.51. The summed E-state index contributed by atoms with van der Waals surface area (Å²) in [5.74, 6) is 1.01. The van der Waals surface area contributed by atoms with Gasteiger partial charge in [0, 0.05) is 19.6 Å². The predicted octanol–water partition coefficient (Wildman–Crippen LogP) is 0.846. The Kier molecular flexibility index (Phi) is 3.33. The van der Waals surface area contributed by atoms with Gasteiger partial charge in [-0.3, -0.25) is 0 Å². The van der Waals surface area contributed by atoms with Crippen LogP contribution in [0.4, 0.5) is 0 Å². The largest absolute Gasteiger partial charge is 0.472 e. The number of hydrogen-bond acceptors (Lipinski definition) is 6. The molecule has 2 aromatic heterocycles. The maximum Gasteiger partial charge on any atom is 0.228 e. The lowest BCUT2D eigenvalue weighted by atomic mass is 10.2. The van der Waals surface area contributed by atoms with Gasteiger partial charge in [-0.15, -0.1) is 0 Å². The Bertz CT molecular complexity index is 424. The van der Waals surface area contributed by atoms with E-state index in [0.717, 1.165) is 5.56 Å². The summed E-state index contributed by atoms with van der Waals surface area (Å²) < 4.78 is 14.9. The van der Waals surface area contributed by atoms with Crippen molar-refractivity contribution in [3.8, 4) is 11.4 Å². The fourth-order valence-electron chi connectivity index (χ4n) is 1.34. The molecular weight excluding hydrogens is 210 g/mol. The monoisotopic (exact) mass is 223 g/mol. The summed E-state index contributed by atoms with van der Waals surface area (Å²) in [7, 11) is 1.60. The van der Waals surface area contributed by atoms with Crippen LogP contribution in [0, 0.1) is 0 Å². The van der Waals surface area contributed by atoms with E-state index in [1.807, 2.05) is 0 Å². The molecular formula is C10H13N3O3. The minimum atomic E-state index is -0.136. The van der Waals surface area contributed by atoms with Crippen molar-refractivity contribution in [2.24, 2.45) is 5.73 Å². The van der Waals surface area contributed by atoms with E-state index in [4.69, 9.17) is 19.4 Å². The molecule has 0 saturated carbocycles. The molecule has 0 amide bonds. The minimum Gasteiger partial charge on any atom is -0.472 e. The molecule has 2 aromatic rings. The van der Waals surface area contributed by atoms with Crippen molar-refractivity contribution in [1.82, 2.24) is 10.1 Å². The van der Waals surface area contributed by atoms with Crippen LogP contribution in [0.3, 0.4) is 0 Å². The second-order valence-corrected chi connectivity index (χ2v) is 3.44. The topological polar surface area (TPSA) is 87.3 Å². The molecule has 0 saturated heterocycles. The number of aromatic nitrogens is 2. The van der Waals surface area contributed by atoms with Gasteiger partial charge in [0.05, 0.1) is 18.4 Å². The van der Waals surface area contributed by atoms with Crippen LogP contribution in [0.15, 0.2) is 27.5 Å². The van der Waals surface area contributed by atoms with Crippen molar-refractivity contribution in [2.75, 3.05) is 13.7 Å². The number of nitrogens with two attached hydrogens (primary N) is 1. The van der Waals surface area contributed by atoms with Gasteiger partial charge >= 0.3 is 0 Å². The molecule has 86 valence electrons. The lowest BCUT2D eigenvalue weighted by Gasteiger charge is -2.05. The highest BCUT2D eigenvalue weighted by atomic mass is 16.5. The highest BCUT2D eigenvalue weighted by Gasteiger charge is 2.12. The molecule has 16 heavy (non-hydrogen) atoms. The van der Waals surface area contributed by atoms with Crippen molar-refractivity contribution in [2.45, 2.75) is 12.5 Å². The van der Waals surface area contributed by atoms with E-state index in [9.17, 15) is 0 Å². The van der Waals surface area contributed by atoms with Crippen LogP contribution in [-0.2, 0) is 11.2 Å². The van der Waals surface area contributed by atoms with Gasteiger partial charge < -0.3 is 19.4 Å². The van der Waals surface area contributed by atoms with Crippen LogP contribution >= 0.6 is 0 Å². The zero-order chi connectivity index (χ0) is 11.4. The van der Waals surface area contributed by atoms with Gasteiger partial charge in [-0.25, -0.2) is 0 Å². The SMILES string of the molecule is COCC(N)Cc1nc(-c2ccoc2)no1. The Morgan fingerprint density at radius 2 is 2.44 bits per heavy atom. The molecule has 0 aliphatic rings. The number of nitrogens with zero attached hydrogens (tertiary/aromatic N) is 2. The average Bonchev–Trinajstić information content (AvgIpc) is 2.86. The van der Waals surface area contributed by atoms with E-state index >= 15 is 0 Å². The summed E-state index contributed by atoms with van der Waals surface area (Å²) in [5, 5.41) is 3.83.